The van der Waals surface area contributed by atoms with Crippen molar-refractivity contribution in [2.24, 2.45) is 29.6 Å². The third-order valence-corrected chi connectivity index (χ3v) is 15.7. The summed E-state index contributed by atoms with van der Waals surface area (Å²) >= 11 is 0. The average Bonchev–Trinajstić information content (AvgIpc) is 3.74. The van der Waals surface area contributed by atoms with Crippen LogP contribution in [0.25, 0.3) is 10.9 Å². The lowest BCUT2D eigenvalue weighted by molar-refractivity contribution is -0.302. The van der Waals surface area contributed by atoms with Crippen LogP contribution >= 0.6 is 0 Å². The highest BCUT2D eigenvalue weighted by Gasteiger charge is 2.56. The second kappa shape index (κ2) is 24.6. The van der Waals surface area contributed by atoms with Crippen LogP contribution in [-0.4, -0.2) is 137 Å². The van der Waals surface area contributed by atoms with Gasteiger partial charge in [0.25, 0.3) is 11.7 Å². The normalized spacial score (nSPS) is 36.1. The number of rotatable bonds is 11. The molecule has 1 saturated carbocycles. The highest BCUT2D eigenvalue weighted by atomic mass is 16.7. The molecule has 14 unspecified atom stereocenters. The molecule has 6 rings (SSSR count). The molecule has 69 heavy (non-hydrogen) atoms. The van der Waals surface area contributed by atoms with Crippen LogP contribution in [-0.2, 0) is 56.0 Å². The van der Waals surface area contributed by atoms with E-state index in [-0.39, 0.29) is 62.2 Å². The van der Waals surface area contributed by atoms with Gasteiger partial charge in [-0.25, -0.2) is 4.79 Å². The van der Waals surface area contributed by atoms with Gasteiger partial charge in [-0.2, -0.15) is 0 Å². The maximum absolute atomic E-state index is 14.6. The van der Waals surface area contributed by atoms with Crippen LogP contribution < -0.4 is 5.32 Å². The average molecular weight is 964 g/mol. The highest BCUT2D eigenvalue weighted by molar-refractivity contribution is 6.39. The number of aromatic nitrogens is 1. The van der Waals surface area contributed by atoms with Crippen LogP contribution in [0.2, 0.25) is 0 Å². The first kappa shape index (κ1) is 54.5. The molecule has 4 aliphatic rings. The van der Waals surface area contributed by atoms with Gasteiger partial charge in [-0.3, -0.25) is 14.4 Å². The Labute approximate surface area is 409 Å². The number of carbonyl (C=O) groups is 4. The summed E-state index contributed by atoms with van der Waals surface area (Å²) in [6.07, 6.45) is 7.19. The first-order chi connectivity index (χ1) is 33.0. The van der Waals surface area contributed by atoms with Crippen LogP contribution in [0.5, 0.6) is 0 Å². The summed E-state index contributed by atoms with van der Waals surface area (Å²) in [6, 6.07) is 7.37. The highest BCUT2D eigenvalue weighted by Crippen LogP contribution is 2.39. The van der Waals surface area contributed by atoms with E-state index < -0.39 is 77.8 Å². The minimum absolute atomic E-state index is 0.0289. The number of aliphatic hydroxyl groups excluding tert-OH is 2. The number of piperidine rings is 1. The number of aliphatic hydroxyl groups is 3. The summed E-state index contributed by atoms with van der Waals surface area (Å²) in [4.78, 5) is 58.6. The number of carbonyl (C=O) groups excluding carboxylic acids is 4. The fourth-order valence-corrected chi connectivity index (χ4v) is 11.6. The maximum atomic E-state index is 14.6. The number of nitrogens with zero attached hydrogens (tertiary/aromatic N) is 2. The number of cyclic esters (lactones) is 1. The Morgan fingerprint density at radius 2 is 1.67 bits per heavy atom. The van der Waals surface area contributed by atoms with Crippen molar-refractivity contribution in [3.63, 3.8) is 0 Å². The minimum atomic E-state index is -2.51. The first-order valence-electron chi connectivity index (χ1n) is 25.5. The topological polar surface area (TPSA) is 195 Å². The smallest absolute Gasteiger partial charge is 0.329 e. The molecule has 2 saturated heterocycles. The molecule has 0 spiro atoms. The number of methoxy groups -OCH3 is 3. The second-order valence-electron chi connectivity index (χ2n) is 20.7. The van der Waals surface area contributed by atoms with Gasteiger partial charge in [0.05, 0.1) is 31.0 Å². The van der Waals surface area contributed by atoms with Gasteiger partial charge in [-0.05, 0) is 125 Å². The zero-order valence-corrected chi connectivity index (χ0v) is 42.6. The Bertz CT molecular complexity index is 2140. The number of benzene rings is 1. The number of esters is 1. The number of ether oxygens (including phenoxy) is 5. The molecular weight excluding hydrogens is 883 g/mol. The van der Waals surface area contributed by atoms with Crippen molar-refractivity contribution in [2.75, 3.05) is 34.5 Å². The molecule has 2 aromatic rings. The number of hydrogen-bond acceptors (Lipinski definition) is 13. The van der Waals surface area contributed by atoms with E-state index in [0.717, 1.165) is 34.9 Å². The Morgan fingerprint density at radius 1 is 0.942 bits per heavy atom. The summed E-state index contributed by atoms with van der Waals surface area (Å²) in [6.45, 7) is 12.7. The molecule has 15 heteroatoms. The molecule has 14 atom stereocenters. The van der Waals surface area contributed by atoms with Gasteiger partial charge in [0, 0.05) is 82.9 Å². The van der Waals surface area contributed by atoms with Crippen molar-refractivity contribution in [2.45, 2.75) is 180 Å². The van der Waals surface area contributed by atoms with E-state index in [4.69, 9.17) is 23.7 Å². The van der Waals surface area contributed by atoms with Gasteiger partial charge < -0.3 is 53.8 Å². The molecule has 1 aromatic carbocycles. The van der Waals surface area contributed by atoms with Crippen molar-refractivity contribution < 1.29 is 58.2 Å². The monoisotopic (exact) mass is 964 g/mol. The first-order valence-corrected chi connectivity index (χ1v) is 25.5. The van der Waals surface area contributed by atoms with Gasteiger partial charge in [-0.1, -0.05) is 51.5 Å². The van der Waals surface area contributed by atoms with Gasteiger partial charge in [0.15, 0.2) is 0 Å². The lowest BCUT2D eigenvalue weighted by Crippen LogP contribution is -2.64. The van der Waals surface area contributed by atoms with Crippen molar-refractivity contribution >= 4 is 34.3 Å². The van der Waals surface area contributed by atoms with E-state index in [1.165, 1.54) is 12.0 Å². The lowest BCUT2D eigenvalue weighted by atomic mass is 9.80. The summed E-state index contributed by atoms with van der Waals surface area (Å²) in [5, 5.41) is 38.3. The number of amides is 1. The van der Waals surface area contributed by atoms with Crippen LogP contribution in [0.4, 0.5) is 0 Å². The minimum Gasteiger partial charge on any atom is -0.456 e. The van der Waals surface area contributed by atoms with E-state index >= 15 is 0 Å². The third kappa shape index (κ3) is 12.8. The summed E-state index contributed by atoms with van der Waals surface area (Å²) < 4.78 is 32.6. The molecule has 4 heterocycles. The molecule has 0 radical (unpaired) electrons. The van der Waals surface area contributed by atoms with Crippen molar-refractivity contribution in [3.05, 3.63) is 59.3 Å². The van der Waals surface area contributed by atoms with Crippen LogP contribution in [0.3, 0.4) is 0 Å². The van der Waals surface area contributed by atoms with Crippen molar-refractivity contribution in [3.8, 4) is 0 Å². The van der Waals surface area contributed by atoms with E-state index in [9.17, 15) is 34.5 Å². The molecule has 15 nitrogen and oxygen atoms in total. The van der Waals surface area contributed by atoms with Gasteiger partial charge in [0.2, 0.25) is 5.79 Å². The van der Waals surface area contributed by atoms with E-state index in [0.29, 0.717) is 57.2 Å². The van der Waals surface area contributed by atoms with Crippen molar-refractivity contribution in [1.82, 2.24) is 14.8 Å². The van der Waals surface area contributed by atoms with E-state index in [2.05, 4.69) is 42.6 Å². The molecule has 1 aromatic heterocycles. The second-order valence-corrected chi connectivity index (χ2v) is 20.7. The zero-order valence-electron chi connectivity index (χ0n) is 42.6. The molecule has 1 aliphatic carbocycles. The maximum Gasteiger partial charge on any atom is 0.329 e. The van der Waals surface area contributed by atoms with Crippen molar-refractivity contribution in [1.29, 1.82) is 0 Å². The molecule has 384 valence electrons. The number of nitrogens with one attached hydrogen (secondary N) is 1. The third-order valence-electron chi connectivity index (χ3n) is 15.7. The number of allylic oxidation sites excluding steroid dienone is 3. The molecule has 4 N–H and O–H groups in total. The molecule has 2 bridgehead atoms. The Balaban J connectivity index is 1.26. The lowest BCUT2D eigenvalue weighted by Gasteiger charge is -2.47. The Kier molecular flexibility index (Phi) is 19.4. The summed E-state index contributed by atoms with van der Waals surface area (Å²) in [5.41, 5.74) is 3.93. The van der Waals surface area contributed by atoms with Crippen LogP contribution in [0.1, 0.15) is 118 Å². The van der Waals surface area contributed by atoms with Gasteiger partial charge in [-0.15, -0.1) is 0 Å². The fraction of sp³-hybridized carbons (Fsp3) is 0.704. The Morgan fingerprint density at radius 3 is 2.36 bits per heavy atom. The van der Waals surface area contributed by atoms with Gasteiger partial charge >= 0.3 is 5.97 Å². The van der Waals surface area contributed by atoms with Crippen LogP contribution in [0, 0.1) is 29.6 Å². The summed E-state index contributed by atoms with van der Waals surface area (Å²) in [7, 11) is 4.80. The van der Waals surface area contributed by atoms with E-state index in [1.807, 2.05) is 37.6 Å². The van der Waals surface area contributed by atoms with Crippen LogP contribution in [0.15, 0.2) is 53.8 Å². The SMILES string of the molecule is CCC1/C=C(\C)CC(C)CC(OC)C2OC(O)(C(=O)C(=O)N3CCCCC3C(=O)OC(C(C)=CC3CCC(NCc4ccc5c(ccn5CCO)c4)C(OC)C3)C(C)C(O)CC1=O)C(C)CC2OC. The Hall–Kier alpha value is -3.80. The van der Waals surface area contributed by atoms with E-state index in [1.54, 1.807) is 28.1 Å². The summed E-state index contributed by atoms with van der Waals surface area (Å²) in [5.74, 6) is -7.45. The largest absolute Gasteiger partial charge is 0.456 e. The number of fused-ring (bicyclic) bond motifs is 4. The molecular formula is C54H81N3O12. The number of hydrogen-bond donors (Lipinski definition) is 4. The predicted octanol–water partition coefficient (Wildman–Crippen LogP) is 6.22. The fourth-order valence-electron chi connectivity index (χ4n) is 11.6. The predicted molar refractivity (Wildman–Crippen MR) is 262 cm³/mol. The van der Waals surface area contributed by atoms with Gasteiger partial charge in [0.1, 0.15) is 24.0 Å². The quantitative estimate of drug-likeness (QED) is 0.113. The molecule has 3 fully saturated rings. The zero-order chi connectivity index (χ0) is 50.2. The number of Topliss-reactive ketones (excluding diaryl/α,β-unsaturated/α-hetero) is 2. The standard InChI is InChI=1S/C54H81N3O12/c1-10-39-24-32(2)23-33(3)25-47(66-8)50-48(67-9)27-35(5)54(64,69-50)51(61)52(62)57-19-12-11-13-43(57)53(63)68-49(36(6)44(59)30-45(39)60)34(4)26-37-14-16-41(46(29-37)65-7)55-31-38-15-17-42-40(28-38)18-20-56(42)21-22-58/h15,17-18,20,24,26,28,33,35-37,39,41,43-44,46-50,55,58-59,64H,10-14,16,19,21-23,25,27,29-31H2,1-9H3/b32-24+,34-26?. The number of ketones is 2. The molecule has 3 aliphatic heterocycles. The molecule has 1 amide bonds.